The molecule has 1 aliphatic heterocycles. The number of hydrogen-bond donors (Lipinski definition) is 1. The van der Waals surface area contributed by atoms with E-state index in [1.807, 2.05) is 24.3 Å². The molecule has 0 aromatic heterocycles. The van der Waals surface area contributed by atoms with Gasteiger partial charge in [0.05, 0.1) is 17.9 Å². The molecule has 0 spiro atoms. The molecule has 0 saturated heterocycles. The van der Waals surface area contributed by atoms with Crippen LogP contribution >= 0.6 is 15.9 Å². The van der Waals surface area contributed by atoms with Crippen LogP contribution in [-0.2, 0) is 9.53 Å². The lowest BCUT2D eigenvalue weighted by atomic mass is 10.0. The number of ether oxygens (including phenoxy) is 1. The number of carbonyl (C=O) groups is 1. The fourth-order valence-electron chi connectivity index (χ4n) is 1.62. The number of nitrogens with one attached hydrogen (secondary N) is 1. The second-order valence-electron chi connectivity index (χ2n) is 3.45. The Labute approximate surface area is 103 Å². The smallest absolute Gasteiger partial charge is 0.335 e. The van der Waals surface area contributed by atoms with Crippen LogP contribution < -0.4 is 5.32 Å². The maximum absolute atomic E-state index is 11.6. The lowest BCUT2D eigenvalue weighted by Gasteiger charge is -2.18. The highest BCUT2D eigenvalue weighted by atomic mass is 79.9. The maximum atomic E-state index is 11.6. The predicted octanol–water partition coefficient (Wildman–Crippen LogP) is 2.82. The third kappa shape index (κ3) is 2.11. The predicted molar refractivity (Wildman–Crippen MR) is 67.2 cm³/mol. The van der Waals surface area contributed by atoms with Gasteiger partial charge in [0.15, 0.2) is 0 Å². The standard InChI is InChI=1S/C12H12BrNO2/c1-2-16-12(15)9-6-8-4-3-5-10(13)11(8)14-7-9/h3-6,14H,2,7H2,1H3. The third-order valence-corrected chi connectivity index (χ3v) is 3.03. The van der Waals surface area contributed by atoms with Crippen molar-refractivity contribution in [1.29, 1.82) is 0 Å². The van der Waals surface area contributed by atoms with Gasteiger partial charge in [0.25, 0.3) is 0 Å². The molecule has 1 N–H and O–H groups in total. The van der Waals surface area contributed by atoms with Crippen LogP contribution in [0.15, 0.2) is 28.2 Å². The molecule has 16 heavy (non-hydrogen) atoms. The van der Waals surface area contributed by atoms with Gasteiger partial charge in [-0.25, -0.2) is 4.79 Å². The third-order valence-electron chi connectivity index (χ3n) is 2.37. The van der Waals surface area contributed by atoms with E-state index in [1.165, 1.54) is 0 Å². The number of benzene rings is 1. The molecule has 1 heterocycles. The highest BCUT2D eigenvalue weighted by molar-refractivity contribution is 9.10. The largest absolute Gasteiger partial charge is 0.463 e. The van der Waals surface area contributed by atoms with Gasteiger partial charge in [-0.15, -0.1) is 0 Å². The number of para-hydroxylation sites is 1. The quantitative estimate of drug-likeness (QED) is 0.848. The fraction of sp³-hybridized carbons (Fsp3) is 0.250. The monoisotopic (exact) mass is 281 g/mol. The van der Waals surface area contributed by atoms with Crippen LogP contribution in [0.5, 0.6) is 0 Å². The van der Waals surface area contributed by atoms with Crippen molar-refractivity contribution in [2.24, 2.45) is 0 Å². The summed E-state index contributed by atoms with van der Waals surface area (Å²) in [6.07, 6.45) is 1.87. The Kier molecular flexibility index (Phi) is 3.29. The van der Waals surface area contributed by atoms with Gasteiger partial charge >= 0.3 is 5.97 Å². The molecule has 0 unspecified atom stereocenters. The summed E-state index contributed by atoms with van der Waals surface area (Å²) in [4.78, 5) is 11.6. The minimum absolute atomic E-state index is 0.249. The highest BCUT2D eigenvalue weighted by Crippen LogP contribution is 2.31. The summed E-state index contributed by atoms with van der Waals surface area (Å²) in [5.74, 6) is -0.249. The summed E-state index contributed by atoms with van der Waals surface area (Å²) >= 11 is 3.46. The van der Waals surface area contributed by atoms with Gasteiger partial charge in [-0.05, 0) is 40.6 Å². The zero-order valence-corrected chi connectivity index (χ0v) is 10.5. The van der Waals surface area contributed by atoms with Gasteiger partial charge in [-0.1, -0.05) is 12.1 Å². The highest BCUT2D eigenvalue weighted by Gasteiger charge is 2.17. The second-order valence-corrected chi connectivity index (χ2v) is 4.30. The van der Waals surface area contributed by atoms with Crippen LogP contribution in [0.25, 0.3) is 6.08 Å². The van der Waals surface area contributed by atoms with Crippen LogP contribution in [0.3, 0.4) is 0 Å². The molecule has 2 rings (SSSR count). The fourth-order valence-corrected chi connectivity index (χ4v) is 2.15. The van der Waals surface area contributed by atoms with E-state index in [0.29, 0.717) is 18.7 Å². The van der Waals surface area contributed by atoms with Crippen molar-refractivity contribution in [3.63, 3.8) is 0 Å². The molecule has 0 radical (unpaired) electrons. The SMILES string of the molecule is CCOC(=O)C1=Cc2cccc(Br)c2NC1. The Morgan fingerprint density at radius 3 is 3.12 bits per heavy atom. The average Bonchev–Trinajstić information content (AvgIpc) is 2.29. The van der Waals surface area contributed by atoms with Gasteiger partial charge in [-0.3, -0.25) is 0 Å². The normalized spacial score (nSPS) is 13.5. The van der Waals surface area contributed by atoms with Crippen molar-refractivity contribution < 1.29 is 9.53 Å². The molecule has 1 aliphatic rings. The van der Waals surface area contributed by atoms with E-state index >= 15 is 0 Å². The van der Waals surface area contributed by atoms with E-state index in [-0.39, 0.29) is 5.97 Å². The molecule has 3 nitrogen and oxygen atoms in total. The van der Waals surface area contributed by atoms with Crippen LogP contribution in [0.1, 0.15) is 12.5 Å². The number of halogens is 1. The Hall–Kier alpha value is -1.29. The van der Waals surface area contributed by atoms with Crippen LogP contribution in [0.4, 0.5) is 5.69 Å². The minimum atomic E-state index is -0.249. The van der Waals surface area contributed by atoms with Crippen LogP contribution in [0, 0.1) is 0 Å². The van der Waals surface area contributed by atoms with Gasteiger partial charge in [0.2, 0.25) is 0 Å². The number of esters is 1. The van der Waals surface area contributed by atoms with Crippen molar-refractivity contribution in [3.05, 3.63) is 33.8 Å². The molecular formula is C12H12BrNO2. The molecule has 0 atom stereocenters. The topological polar surface area (TPSA) is 38.3 Å². The van der Waals surface area contributed by atoms with E-state index in [1.54, 1.807) is 6.92 Å². The minimum Gasteiger partial charge on any atom is -0.463 e. The van der Waals surface area contributed by atoms with Gasteiger partial charge in [-0.2, -0.15) is 0 Å². The van der Waals surface area contributed by atoms with Gasteiger partial charge in [0, 0.05) is 11.0 Å². The Morgan fingerprint density at radius 1 is 1.56 bits per heavy atom. The first-order valence-corrected chi connectivity index (χ1v) is 5.91. The van der Waals surface area contributed by atoms with Crippen LogP contribution in [-0.4, -0.2) is 19.1 Å². The first-order valence-electron chi connectivity index (χ1n) is 5.12. The summed E-state index contributed by atoms with van der Waals surface area (Å²) in [5, 5.41) is 3.20. The molecule has 1 aromatic carbocycles. The Bertz CT molecular complexity index is 454. The first-order chi connectivity index (χ1) is 7.72. The molecule has 4 heteroatoms. The molecule has 0 amide bonds. The number of rotatable bonds is 2. The van der Waals surface area contributed by atoms with Crippen molar-refractivity contribution in [3.8, 4) is 0 Å². The molecule has 0 bridgehead atoms. The summed E-state index contributed by atoms with van der Waals surface area (Å²) < 4.78 is 5.97. The van der Waals surface area contributed by atoms with Crippen molar-refractivity contribution in [2.45, 2.75) is 6.92 Å². The molecule has 84 valence electrons. The zero-order chi connectivity index (χ0) is 11.5. The number of anilines is 1. The summed E-state index contributed by atoms with van der Waals surface area (Å²) in [6.45, 7) is 2.72. The molecule has 0 saturated carbocycles. The van der Waals surface area contributed by atoms with Crippen molar-refractivity contribution in [2.75, 3.05) is 18.5 Å². The number of carbonyl (C=O) groups excluding carboxylic acids is 1. The summed E-state index contributed by atoms with van der Waals surface area (Å²) in [7, 11) is 0. The average molecular weight is 282 g/mol. The van der Waals surface area contributed by atoms with Crippen molar-refractivity contribution in [1.82, 2.24) is 0 Å². The van der Waals surface area contributed by atoms with E-state index in [0.717, 1.165) is 15.7 Å². The van der Waals surface area contributed by atoms with Gasteiger partial charge in [0.1, 0.15) is 0 Å². The summed E-state index contributed by atoms with van der Waals surface area (Å²) in [6, 6.07) is 5.87. The lowest BCUT2D eigenvalue weighted by molar-refractivity contribution is -0.138. The van der Waals surface area contributed by atoms with Crippen LogP contribution in [0.2, 0.25) is 0 Å². The van der Waals surface area contributed by atoms with E-state index < -0.39 is 0 Å². The Balaban J connectivity index is 2.31. The maximum Gasteiger partial charge on any atom is 0.335 e. The van der Waals surface area contributed by atoms with Gasteiger partial charge < -0.3 is 10.1 Å². The molecule has 0 fully saturated rings. The first kappa shape index (κ1) is 11.2. The summed E-state index contributed by atoms with van der Waals surface area (Å²) in [5.41, 5.74) is 2.69. The second kappa shape index (κ2) is 4.70. The van der Waals surface area contributed by atoms with E-state index in [4.69, 9.17) is 4.74 Å². The van der Waals surface area contributed by atoms with Crippen molar-refractivity contribution >= 4 is 33.7 Å². The molecule has 1 aromatic rings. The molecule has 0 aliphatic carbocycles. The molecular weight excluding hydrogens is 270 g/mol. The van der Waals surface area contributed by atoms with E-state index in [2.05, 4.69) is 21.2 Å². The number of hydrogen-bond acceptors (Lipinski definition) is 3. The lowest BCUT2D eigenvalue weighted by Crippen LogP contribution is -2.19. The van der Waals surface area contributed by atoms with E-state index in [9.17, 15) is 4.79 Å². The Morgan fingerprint density at radius 2 is 2.38 bits per heavy atom. The number of fused-ring (bicyclic) bond motifs is 1. The zero-order valence-electron chi connectivity index (χ0n) is 8.92.